The molecule has 3 N–H and O–H groups in total. The molecular formula is C45H55FN2O14S. The SMILES string of the molecule is CCOC(=O)C(=O)C=C(O)c1cccc(COCCOCCOCCOCCOCCOCCNS(=O)(=O)Cc2cc3oc(-c4ccc(F)cc4)c(C(=O)NC)c3cc2C2CC2)c1. The van der Waals surface area contributed by atoms with Gasteiger partial charge < -0.3 is 48.0 Å². The molecule has 1 aliphatic carbocycles. The average Bonchev–Trinajstić information content (AvgIpc) is 4.05. The van der Waals surface area contributed by atoms with Crippen LogP contribution >= 0.6 is 0 Å². The quantitative estimate of drug-likeness (QED) is 0.0202. The minimum atomic E-state index is -3.74. The summed E-state index contributed by atoms with van der Waals surface area (Å²) in [6, 6.07) is 16.0. The summed E-state index contributed by atoms with van der Waals surface area (Å²) >= 11 is 0. The molecule has 63 heavy (non-hydrogen) atoms. The van der Waals surface area contributed by atoms with E-state index in [0.717, 1.165) is 30.0 Å². The van der Waals surface area contributed by atoms with Crippen molar-refractivity contribution in [3.63, 3.8) is 0 Å². The predicted octanol–water partition coefficient (Wildman–Crippen LogP) is 5.23. The topological polar surface area (TPSA) is 207 Å². The maximum Gasteiger partial charge on any atom is 0.379 e. The number of rotatable bonds is 30. The molecule has 0 spiro atoms. The highest BCUT2D eigenvalue weighted by atomic mass is 32.2. The van der Waals surface area contributed by atoms with Gasteiger partial charge in [-0.1, -0.05) is 18.2 Å². The van der Waals surface area contributed by atoms with E-state index in [1.54, 1.807) is 37.3 Å². The van der Waals surface area contributed by atoms with Gasteiger partial charge in [-0.05, 0) is 84.8 Å². The van der Waals surface area contributed by atoms with Crippen molar-refractivity contribution < 1.29 is 69.9 Å². The zero-order valence-electron chi connectivity index (χ0n) is 35.5. The van der Waals surface area contributed by atoms with Crippen LogP contribution in [0.15, 0.2) is 71.2 Å². The van der Waals surface area contributed by atoms with E-state index < -0.39 is 27.6 Å². The van der Waals surface area contributed by atoms with Gasteiger partial charge in [0.2, 0.25) is 10.0 Å². The second kappa shape index (κ2) is 25.3. The molecule has 5 rings (SSSR count). The summed E-state index contributed by atoms with van der Waals surface area (Å²) in [5.74, 6) is -2.89. The molecule has 0 radical (unpaired) electrons. The van der Waals surface area contributed by atoms with E-state index >= 15 is 0 Å². The molecule has 1 fully saturated rings. The van der Waals surface area contributed by atoms with Crippen LogP contribution in [0.25, 0.3) is 28.1 Å². The number of hydrogen-bond acceptors (Lipinski definition) is 14. The first-order chi connectivity index (χ1) is 30.5. The van der Waals surface area contributed by atoms with E-state index in [0.29, 0.717) is 92.7 Å². The molecule has 3 aromatic carbocycles. The Morgan fingerprint density at radius 2 is 1.43 bits per heavy atom. The molecule has 1 saturated carbocycles. The lowest BCUT2D eigenvalue weighted by Gasteiger charge is -2.12. The number of halogens is 1. The lowest BCUT2D eigenvalue weighted by molar-refractivity contribution is -0.151. The number of aliphatic hydroxyl groups is 1. The maximum absolute atomic E-state index is 13.6. The number of benzene rings is 3. The van der Waals surface area contributed by atoms with Crippen molar-refractivity contribution in [1.82, 2.24) is 10.0 Å². The fraction of sp³-hybridized carbons (Fsp3) is 0.444. The Kier molecular flexibility index (Phi) is 19.7. The van der Waals surface area contributed by atoms with Crippen LogP contribution in [0, 0.1) is 5.82 Å². The smallest absolute Gasteiger partial charge is 0.379 e. The van der Waals surface area contributed by atoms with Gasteiger partial charge in [-0.2, -0.15) is 0 Å². The van der Waals surface area contributed by atoms with Gasteiger partial charge >= 0.3 is 5.97 Å². The Balaban J connectivity index is 0.872. The number of esters is 1. The van der Waals surface area contributed by atoms with E-state index in [9.17, 15) is 32.3 Å². The van der Waals surface area contributed by atoms with Gasteiger partial charge in [0.1, 0.15) is 22.9 Å². The summed E-state index contributed by atoms with van der Waals surface area (Å²) in [5.41, 5.74) is 3.80. The Labute approximate surface area is 366 Å². The highest BCUT2D eigenvalue weighted by Gasteiger charge is 2.31. The van der Waals surface area contributed by atoms with Gasteiger partial charge in [0, 0.05) is 36.2 Å². The Morgan fingerprint density at radius 3 is 2.02 bits per heavy atom. The third-order valence-corrected chi connectivity index (χ3v) is 10.9. The van der Waals surface area contributed by atoms with Gasteiger partial charge in [-0.3, -0.25) is 9.59 Å². The summed E-state index contributed by atoms with van der Waals surface area (Å²) in [7, 11) is -2.22. The summed E-state index contributed by atoms with van der Waals surface area (Å²) in [6.45, 7) is 5.68. The van der Waals surface area contributed by atoms with Crippen molar-refractivity contribution in [3.8, 4) is 11.3 Å². The Bertz CT molecular complexity index is 2260. The summed E-state index contributed by atoms with van der Waals surface area (Å²) in [5, 5.41) is 13.4. The van der Waals surface area contributed by atoms with Crippen molar-refractivity contribution in [2.24, 2.45) is 0 Å². The zero-order chi connectivity index (χ0) is 45.0. The van der Waals surface area contributed by atoms with Gasteiger partial charge in [0.05, 0.1) is 97.2 Å². The van der Waals surface area contributed by atoms with Crippen molar-refractivity contribution in [3.05, 3.63) is 100 Å². The molecule has 0 atom stereocenters. The Morgan fingerprint density at radius 1 is 0.825 bits per heavy atom. The lowest BCUT2D eigenvalue weighted by Crippen LogP contribution is -2.29. The van der Waals surface area contributed by atoms with Crippen molar-refractivity contribution >= 4 is 44.4 Å². The number of carbonyl (C=O) groups excluding carboxylic acids is 3. The highest BCUT2D eigenvalue weighted by Crippen LogP contribution is 2.45. The van der Waals surface area contributed by atoms with Gasteiger partial charge in [0.15, 0.2) is 0 Å². The monoisotopic (exact) mass is 898 g/mol. The standard InChI is InChI=1S/C45H55FN2O14S/c1-3-61-45(52)40(50)28-39(49)34-6-4-5-31(25-34)29-60-24-23-59-22-21-58-20-19-57-18-17-56-16-15-55-14-13-48-63(53,54)30-35-26-41-38(27-37(35)32-7-8-32)42(44(51)47-2)43(62-41)33-9-11-36(46)12-10-33/h4-6,9-12,25-28,32,48-49H,3,7-8,13-24,29-30H2,1-2H3,(H,47,51). The van der Waals surface area contributed by atoms with Crippen LogP contribution in [0.5, 0.6) is 0 Å². The molecular weight excluding hydrogens is 844 g/mol. The Hall–Kier alpha value is -5.05. The molecule has 0 unspecified atom stereocenters. The fourth-order valence-corrected chi connectivity index (χ4v) is 7.52. The number of amides is 1. The normalized spacial score (nSPS) is 13.1. The van der Waals surface area contributed by atoms with Gasteiger partial charge in [-0.25, -0.2) is 22.3 Å². The van der Waals surface area contributed by atoms with Crippen LogP contribution in [0.3, 0.4) is 0 Å². The van der Waals surface area contributed by atoms with Crippen molar-refractivity contribution in [1.29, 1.82) is 0 Å². The van der Waals surface area contributed by atoms with E-state index in [1.807, 2.05) is 6.07 Å². The number of nitrogens with one attached hydrogen (secondary N) is 2. The number of sulfonamides is 1. The molecule has 1 heterocycles. The number of aliphatic hydroxyl groups excluding tert-OH is 1. The van der Waals surface area contributed by atoms with E-state index in [4.69, 9.17) is 32.8 Å². The number of ketones is 1. The molecule has 4 aromatic rings. The predicted molar refractivity (Wildman–Crippen MR) is 230 cm³/mol. The summed E-state index contributed by atoms with van der Waals surface area (Å²) in [6.07, 6.45) is 2.66. The van der Waals surface area contributed by atoms with Crippen LogP contribution in [0.1, 0.15) is 58.3 Å². The second-order valence-electron chi connectivity index (χ2n) is 14.3. The number of carbonyl (C=O) groups is 3. The molecule has 342 valence electrons. The number of fused-ring (bicyclic) bond motifs is 1. The largest absolute Gasteiger partial charge is 0.507 e. The number of ether oxygens (including phenoxy) is 7. The van der Waals surface area contributed by atoms with Crippen molar-refractivity contribution in [2.75, 3.05) is 92.9 Å². The second-order valence-corrected chi connectivity index (χ2v) is 16.1. The van der Waals surface area contributed by atoms with Crippen LogP contribution in [0.2, 0.25) is 0 Å². The average molecular weight is 899 g/mol. The molecule has 0 aliphatic heterocycles. The fourth-order valence-electron chi connectivity index (χ4n) is 6.36. The molecule has 1 aromatic heterocycles. The third kappa shape index (κ3) is 15.9. The van der Waals surface area contributed by atoms with Crippen LogP contribution in [-0.4, -0.2) is 124 Å². The highest BCUT2D eigenvalue weighted by molar-refractivity contribution is 7.88. The van der Waals surface area contributed by atoms with E-state index in [-0.39, 0.29) is 62.1 Å². The molecule has 1 amide bonds. The van der Waals surface area contributed by atoms with Crippen LogP contribution < -0.4 is 10.0 Å². The number of furan rings is 1. The minimum absolute atomic E-state index is 0.0626. The number of hydrogen-bond donors (Lipinski definition) is 3. The van der Waals surface area contributed by atoms with Crippen molar-refractivity contribution in [2.45, 2.75) is 38.0 Å². The van der Waals surface area contributed by atoms with E-state index in [1.165, 1.54) is 31.3 Å². The molecule has 16 nitrogen and oxygen atoms in total. The van der Waals surface area contributed by atoms with Gasteiger partial charge in [-0.15, -0.1) is 0 Å². The van der Waals surface area contributed by atoms with E-state index in [2.05, 4.69) is 14.8 Å². The first-order valence-electron chi connectivity index (χ1n) is 20.7. The zero-order valence-corrected chi connectivity index (χ0v) is 36.3. The maximum atomic E-state index is 13.6. The molecule has 0 bridgehead atoms. The van der Waals surface area contributed by atoms with Crippen LogP contribution in [-0.2, 0) is 65.1 Å². The summed E-state index contributed by atoms with van der Waals surface area (Å²) in [4.78, 5) is 36.3. The first-order valence-corrected chi connectivity index (χ1v) is 22.4. The third-order valence-electron chi connectivity index (χ3n) is 9.54. The van der Waals surface area contributed by atoms with Gasteiger partial charge in [0.25, 0.3) is 11.7 Å². The molecule has 1 aliphatic rings. The first kappa shape index (κ1) is 49.0. The van der Waals surface area contributed by atoms with Crippen LogP contribution in [0.4, 0.5) is 4.39 Å². The summed E-state index contributed by atoms with van der Waals surface area (Å²) < 4.78 is 86.4. The minimum Gasteiger partial charge on any atom is -0.507 e. The molecule has 0 saturated heterocycles. The lowest BCUT2D eigenvalue weighted by atomic mass is 9.98. The molecule has 18 heteroatoms.